The fourth-order valence-electron chi connectivity index (χ4n) is 3.53. The van der Waals surface area contributed by atoms with E-state index < -0.39 is 5.54 Å². The summed E-state index contributed by atoms with van der Waals surface area (Å²) in [6.45, 7) is 7.08. The fourth-order valence-corrected chi connectivity index (χ4v) is 4.48. The third-order valence-electron chi connectivity index (χ3n) is 5.69. The first-order valence-corrected chi connectivity index (χ1v) is 10.1. The molecular formula is C21H29ClN2O3S. The molecule has 1 saturated carbocycles. The molecule has 154 valence electrons. The van der Waals surface area contributed by atoms with Crippen LogP contribution in [0.1, 0.15) is 32.1 Å². The molecule has 1 fully saturated rings. The summed E-state index contributed by atoms with van der Waals surface area (Å²) in [6, 6.07) is 12.1. The van der Waals surface area contributed by atoms with Crippen molar-refractivity contribution < 1.29 is 14.3 Å². The molecule has 1 aromatic heterocycles. The molecule has 1 aromatic carbocycles. The number of thiophene rings is 1. The van der Waals surface area contributed by atoms with Crippen LogP contribution in [0, 0.1) is 5.41 Å². The second kappa shape index (κ2) is 8.82. The number of nitrogens with one attached hydrogen (secondary N) is 1. The Labute approximate surface area is 177 Å². The number of hydrogen-bond donors (Lipinski definition) is 2. The largest absolute Gasteiger partial charge is 0.497 e. The van der Waals surface area contributed by atoms with Gasteiger partial charge in [0, 0.05) is 28.2 Å². The summed E-state index contributed by atoms with van der Waals surface area (Å²) in [6.07, 6.45) is 0.586. The quantitative estimate of drug-likeness (QED) is 0.704. The van der Waals surface area contributed by atoms with E-state index >= 15 is 0 Å². The summed E-state index contributed by atoms with van der Waals surface area (Å²) in [5, 5.41) is 3.01. The van der Waals surface area contributed by atoms with E-state index in [0.29, 0.717) is 19.6 Å². The van der Waals surface area contributed by atoms with Crippen LogP contribution in [-0.4, -0.2) is 31.3 Å². The van der Waals surface area contributed by atoms with Crippen molar-refractivity contribution in [1.82, 2.24) is 5.32 Å². The average molecular weight is 425 g/mol. The van der Waals surface area contributed by atoms with Gasteiger partial charge in [0.25, 0.3) is 0 Å². The van der Waals surface area contributed by atoms with Gasteiger partial charge in [-0.15, -0.1) is 23.7 Å². The Balaban J connectivity index is 0.00000280. The van der Waals surface area contributed by atoms with E-state index in [0.717, 1.165) is 21.1 Å². The minimum absolute atomic E-state index is 0. The molecule has 0 saturated heterocycles. The van der Waals surface area contributed by atoms with Crippen LogP contribution >= 0.6 is 23.7 Å². The molecule has 7 heteroatoms. The van der Waals surface area contributed by atoms with Gasteiger partial charge in [0.05, 0.1) is 19.8 Å². The summed E-state index contributed by atoms with van der Waals surface area (Å²) in [5.74, 6) is 0.729. The molecule has 1 heterocycles. The van der Waals surface area contributed by atoms with Crippen LogP contribution in [0.3, 0.4) is 0 Å². The maximum absolute atomic E-state index is 12.7. The number of amides is 1. The SMILES string of the molecule is CCOC1CC(N)(C(=O)NCc2ccc(-c3ccc(OC)cc3)s2)C1(C)C.Cl. The van der Waals surface area contributed by atoms with Crippen LogP contribution in [0.5, 0.6) is 5.75 Å². The highest BCUT2D eigenvalue weighted by Gasteiger charge is 2.62. The van der Waals surface area contributed by atoms with Crippen molar-refractivity contribution in [2.75, 3.05) is 13.7 Å². The number of halogens is 1. The zero-order chi connectivity index (χ0) is 19.7. The van der Waals surface area contributed by atoms with E-state index in [-0.39, 0.29) is 29.8 Å². The maximum atomic E-state index is 12.7. The van der Waals surface area contributed by atoms with E-state index in [1.165, 1.54) is 0 Å². The van der Waals surface area contributed by atoms with Gasteiger partial charge in [-0.2, -0.15) is 0 Å². The molecule has 1 aliphatic rings. The van der Waals surface area contributed by atoms with Crippen molar-refractivity contribution in [1.29, 1.82) is 0 Å². The molecule has 3 rings (SSSR count). The van der Waals surface area contributed by atoms with E-state index in [1.54, 1.807) is 18.4 Å². The second-order valence-electron chi connectivity index (χ2n) is 7.52. The van der Waals surface area contributed by atoms with Gasteiger partial charge in [-0.1, -0.05) is 13.8 Å². The molecule has 1 amide bonds. The van der Waals surface area contributed by atoms with Gasteiger partial charge < -0.3 is 20.5 Å². The van der Waals surface area contributed by atoms with Gasteiger partial charge in [0.15, 0.2) is 0 Å². The third kappa shape index (κ3) is 4.06. The number of nitrogens with two attached hydrogens (primary N) is 1. The Morgan fingerprint density at radius 1 is 1.25 bits per heavy atom. The molecule has 3 N–H and O–H groups in total. The van der Waals surface area contributed by atoms with Gasteiger partial charge in [0.2, 0.25) is 5.91 Å². The summed E-state index contributed by atoms with van der Waals surface area (Å²) in [7, 11) is 1.66. The van der Waals surface area contributed by atoms with Crippen LogP contribution in [0.2, 0.25) is 0 Å². The van der Waals surface area contributed by atoms with Crippen molar-refractivity contribution in [3.8, 4) is 16.2 Å². The van der Waals surface area contributed by atoms with Crippen molar-refractivity contribution in [2.24, 2.45) is 11.1 Å². The van der Waals surface area contributed by atoms with E-state index in [4.69, 9.17) is 15.2 Å². The minimum atomic E-state index is -0.886. The Kier molecular flexibility index (Phi) is 7.15. The first-order chi connectivity index (χ1) is 12.8. The van der Waals surface area contributed by atoms with Crippen LogP contribution in [0.15, 0.2) is 36.4 Å². The molecule has 0 aliphatic heterocycles. The highest BCUT2D eigenvalue weighted by Crippen LogP contribution is 2.49. The Bertz CT molecular complexity index is 806. The summed E-state index contributed by atoms with van der Waals surface area (Å²) >= 11 is 1.67. The lowest BCUT2D eigenvalue weighted by Gasteiger charge is -2.57. The molecule has 2 atom stereocenters. The number of carbonyl (C=O) groups excluding carboxylic acids is 1. The number of carbonyl (C=O) groups is 1. The monoisotopic (exact) mass is 424 g/mol. The lowest BCUT2D eigenvalue weighted by molar-refractivity contribution is -0.170. The van der Waals surface area contributed by atoms with E-state index in [9.17, 15) is 4.79 Å². The third-order valence-corrected chi connectivity index (χ3v) is 6.83. The van der Waals surface area contributed by atoms with Crippen molar-refractivity contribution in [2.45, 2.75) is 45.4 Å². The van der Waals surface area contributed by atoms with Crippen molar-refractivity contribution in [3.05, 3.63) is 41.3 Å². The molecule has 5 nitrogen and oxygen atoms in total. The molecular weight excluding hydrogens is 396 g/mol. The Morgan fingerprint density at radius 2 is 1.93 bits per heavy atom. The molecule has 2 aromatic rings. The minimum Gasteiger partial charge on any atom is -0.497 e. The topological polar surface area (TPSA) is 73.6 Å². The Hall–Kier alpha value is -1.60. The molecule has 28 heavy (non-hydrogen) atoms. The number of rotatable bonds is 7. The molecule has 2 unspecified atom stereocenters. The van der Waals surface area contributed by atoms with Gasteiger partial charge in [-0.25, -0.2) is 0 Å². The number of hydrogen-bond acceptors (Lipinski definition) is 5. The van der Waals surface area contributed by atoms with Gasteiger partial charge >= 0.3 is 0 Å². The Morgan fingerprint density at radius 3 is 2.50 bits per heavy atom. The average Bonchev–Trinajstić information content (AvgIpc) is 3.14. The number of benzene rings is 1. The van der Waals surface area contributed by atoms with Crippen LogP contribution < -0.4 is 15.8 Å². The second-order valence-corrected chi connectivity index (χ2v) is 8.69. The van der Waals surface area contributed by atoms with Crippen LogP contribution in [0.25, 0.3) is 10.4 Å². The summed E-state index contributed by atoms with van der Waals surface area (Å²) in [4.78, 5) is 15.0. The molecule has 1 aliphatic carbocycles. The van der Waals surface area contributed by atoms with E-state index in [2.05, 4.69) is 11.4 Å². The normalized spacial score (nSPS) is 22.7. The van der Waals surface area contributed by atoms with Crippen LogP contribution in [0.4, 0.5) is 0 Å². The first kappa shape index (κ1) is 22.7. The number of methoxy groups -OCH3 is 1. The van der Waals surface area contributed by atoms with Crippen LogP contribution in [-0.2, 0) is 16.1 Å². The van der Waals surface area contributed by atoms with E-state index in [1.807, 2.05) is 51.1 Å². The summed E-state index contributed by atoms with van der Waals surface area (Å²) in [5.41, 5.74) is 6.30. The zero-order valence-corrected chi connectivity index (χ0v) is 18.4. The zero-order valence-electron chi connectivity index (χ0n) is 16.8. The van der Waals surface area contributed by atoms with Gasteiger partial charge in [-0.3, -0.25) is 4.79 Å². The molecule has 0 radical (unpaired) electrons. The lowest BCUT2D eigenvalue weighted by Crippen LogP contribution is -2.75. The standard InChI is InChI=1S/C21H28N2O3S.ClH/c1-5-26-18-12-21(22,20(18,2)3)19(24)23-13-16-10-11-17(27-16)14-6-8-15(25-4)9-7-14;/h6-11,18H,5,12-13,22H2,1-4H3,(H,23,24);1H. The fraction of sp³-hybridized carbons (Fsp3) is 0.476. The summed E-state index contributed by atoms with van der Waals surface area (Å²) < 4.78 is 10.9. The van der Waals surface area contributed by atoms with Gasteiger partial charge in [0.1, 0.15) is 11.3 Å². The predicted molar refractivity (Wildman–Crippen MR) is 116 cm³/mol. The highest BCUT2D eigenvalue weighted by molar-refractivity contribution is 7.15. The number of ether oxygens (including phenoxy) is 2. The molecule has 0 spiro atoms. The first-order valence-electron chi connectivity index (χ1n) is 9.23. The predicted octanol–water partition coefficient (Wildman–Crippen LogP) is 3.99. The van der Waals surface area contributed by atoms with Crippen molar-refractivity contribution in [3.63, 3.8) is 0 Å². The van der Waals surface area contributed by atoms with Gasteiger partial charge in [-0.05, 0) is 48.9 Å². The smallest absolute Gasteiger partial charge is 0.241 e. The maximum Gasteiger partial charge on any atom is 0.241 e. The highest BCUT2D eigenvalue weighted by atomic mass is 35.5. The van der Waals surface area contributed by atoms with Crippen molar-refractivity contribution >= 4 is 29.7 Å². The lowest BCUT2D eigenvalue weighted by atomic mass is 9.54. The molecule has 0 bridgehead atoms.